The lowest BCUT2D eigenvalue weighted by Gasteiger charge is -2.26. The second kappa shape index (κ2) is 7.80. The van der Waals surface area contributed by atoms with E-state index in [2.05, 4.69) is 66.6 Å². The summed E-state index contributed by atoms with van der Waals surface area (Å²) in [7, 11) is 0. The predicted molar refractivity (Wildman–Crippen MR) is 62.5 cm³/mol. The molecule has 4 heteroatoms. The maximum Gasteiger partial charge on any atom is 0.230 e. The normalized spacial score (nSPS) is 21.5. The van der Waals surface area contributed by atoms with E-state index in [1.807, 2.05) is 0 Å². The van der Waals surface area contributed by atoms with E-state index in [1.165, 1.54) is 6.42 Å². The van der Waals surface area contributed by atoms with Crippen LogP contribution in [0.3, 0.4) is 0 Å². The smallest absolute Gasteiger partial charge is 0.230 e. The van der Waals surface area contributed by atoms with Crippen LogP contribution in [0.25, 0.3) is 0 Å². The maximum atomic E-state index is 2.27. The summed E-state index contributed by atoms with van der Waals surface area (Å²) in [5.74, 6) is 0. The van der Waals surface area contributed by atoms with Crippen molar-refractivity contribution < 1.29 is 38.6 Å². The molecule has 0 bridgehead atoms. The van der Waals surface area contributed by atoms with Gasteiger partial charge >= 0.3 is 0 Å². The van der Waals surface area contributed by atoms with Crippen LogP contribution in [0.5, 0.6) is 0 Å². The van der Waals surface area contributed by atoms with Crippen LogP contribution in [0.15, 0.2) is 55.0 Å². The zero-order chi connectivity index (χ0) is 10.6. The van der Waals surface area contributed by atoms with Crippen molar-refractivity contribution in [1.29, 1.82) is 0 Å². The second-order valence-electron chi connectivity index (χ2n) is 3.92. The summed E-state index contributed by atoms with van der Waals surface area (Å²) in [6, 6.07) is 6.23. The third-order valence-electron chi connectivity index (χ3n) is 2.80. The van der Waals surface area contributed by atoms with Crippen LogP contribution in [0.4, 0.5) is 0 Å². The Balaban J connectivity index is 0.00000128. The summed E-state index contributed by atoms with van der Waals surface area (Å²) in [6.07, 6.45) is 14.2. The van der Waals surface area contributed by atoms with E-state index >= 15 is 0 Å². The van der Waals surface area contributed by atoms with Gasteiger partial charge in [-0.05, 0) is 29.3 Å². The minimum absolute atomic E-state index is 0. The molecule has 2 heterocycles. The Morgan fingerprint density at radius 1 is 1.06 bits per heavy atom. The molecule has 17 heavy (non-hydrogen) atoms. The summed E-state index contributed by atoms with van der Waals surface area (Å²) in [5, 5.41) is 0. The number of hydrogen-bond acceptors (Lipinski definition) is 0. The van der Waals surface area contributed by atoms with E-state index in [9.17, 15) is 0 Å². The monoisotopic (exact) mass is 360 g/mol. The Labute approximate surface area is 124 Å². The molecule has 0 fully saturated rings. The number of pyridine rings is 1. The molecule has 0 radical (unpaired) electrons. The first-order valence-electron chi connectivity index (χ1n) is 5.56. The SMILES string of the molecule is CCC[N+]1([n+]2ccccc2)C=CC=CC1.[Br-].[Br-]. The number of halogens is 2. The van der Waals surface area contributed by atoms with Crippen LogP contribution in [-0.4, -0.2) is 13.1 Å². The van der Waals surface area contributed by atoms with E-state index in [4.69, 9.17) is 0 Å². The molecule has 2 rings (SSSR count). The molecule has 0 spiro atoms. The predicted octanol–water partition coefficient (Wildman–Crippen LogP) is -4.09. The van der Waals surface area contributed by atoms with Crippen molar-refractivity contribution in [3.8, 4) is 0 Å². The van der Waals surface area contributed by atoms with E-state index in [-0.39, 0.29) is 34.0 Å². The number of allylic oxidation sites excluding steroid dienone is 2. The molecule has 94 valence electrons. The Bertz CT molecular complexity index is 376. The molecule has 1 aliphatic heterocycles. The van der Waals surface area contributed by atoms with E-state index < -0.39 is 0 Å². The lowest BCUT2D eigenvalue weighted by molar-refractivity contribution is -0.811. The van der Waals surface area contributed by atoms with Gasteiger partial charge in [-0.15, -0.1) is 0 Å². The summed E-state index contributed by atoms with van der Waals surface area (Å²) in [4.78, 5) is 0. The van der Waals surface area contributed by atoms with Crippen molar-refractivity contribution in [3.05, 3.63) is 55.0 Å². The Hall–Kier alpha value is -0.450. The van der Waals surface area contributed by atoms with Crippen molar-refractivity contribution in [3.63, 3.8) is 0 Å². The number of hydrogen-bond donors (Lipinski definition) is 0. The Morgan fingerprint density at radius 3 is 2.29 bits per heavy atom. The maximum absolute atomic E-state index is 2.27. The fraction of sp³-hybridized carbons (Fsp3) is 0.308. The highest BCUT2D eigenvalue weighted by molar-refractivity contribution is 5.12. The molecular formula is C13H18Br2N2. The van der Waals surface area contributed by atoms with Crippen molar-refractivity contribution >= 4 is 0 Å². The molecule has 1 aromatic rings. The van der Waals surface area contributed by atoms with Crippen LogP contribution < -0.4 is 43.2 Å². The van der Waals surface area contributed by atoms with E-state index in [1.54, 1.807) is 0 Å². The molecule has 0 saturated carbocycles. The van der Waals surface area contributed by atoms with Crippen LogP contribution >= 0.6 is 0 Å². The molecule has 1 atom stereocenters. The highest BCUT2D eigenvalue weighted by Crippen LogP contribution is 2.06. The topological polar surface area (TPSA) is 3.88 Å². The molecule has 1 unspecified atom stereocenters. The van der Waals surface area contributed by atoms with Gasteiger partial charge in [-0.3, -0.25) is 0 Å². The van der Waals surface area contributed by atoms with Gasteiger partial charge in [-0.1, -0.05) is 17.6 Å². The molecule has 2 nitrogen and oxygen atoms in total. The lowest BCUT2D eigenvalue weighted by atomic mass is 10.3. The first-order valence-corrected chi connectivity index (χ1v) is 5.56. The Morgan fingerprint density at radius 2 is 1.76 bits per heavy atom. The zero-order valence-electron chi connectivity index (χ0n) is 9.97. The van der Waals surface area contributed by atoms with Gasteiger partial charge in [0, 0.05) is 12.1 Å². The third kappa shape index (κ3) is 3.76. The van der Waals surface area contributed by atoms with E-state index in [0.29, 0.717) is 0 Å². The quantitative estimate of drug-likeness (QED) is 0.381. The molecular weight excluding hydrogens is 344 g/mol. The first kappa shape index (κ1) is 16.6. The first-order chi connectivity index (χ1) is 7.37. The summed E-state index contributed by atoms with van der Waals surface area (Å²) < 4.78 is 3.15. The molecule has 0 aromatic carbocycles. The van der Waals surface area contributed by atoms with Crippen molar-refractivity contribution in [2.75, 3.05) is 13.1 Å². The fourth-order valence-corrected chi connectivity index (χ4v) is 2.09. The molecule has 0 amide bonds. The van der Waals surface area contributed by atoms with Gasteiger partial charge in [-0.25, -0.2) is 0 Å². The minimum atomic E-state index is 0. The number of nitrogens with zero attached hydrogens (tertiary/aromatic N) is 2. The molecule has 0 saturated heterocycles. The number of rotatable bonds is 3. The highest BCUT2D eigenvalue weighted by Gasteiger charge is 2.33. The van der Waals surface area contributed by atoms with Gasteiger partial charge in [0.05, 0.1) is 0 Å². The van der Waals surface area contributed by atoms with Crippen LogP contribution in [0, 0.1) is 0 Å². The van der Waals surface area contributed by atoms with Gasteiger partial charge in [0.15, 0.2) is 12.7 Å². The lowest BCUT2D eigenvalue weighted by Crippen LogP contribution is -3.00. The van der Waals surface area contributed by atoms with Gasteiger partial charge in [0.1, 0.15) is 6.54 Å². The summed E-state index contributed by atoms with van der Waals surface area (Å²) in [5.41, 5.74) is 0. The molecule has 1 aromatic heterocycles. The van der Waals surface area contributed by atoms with Crippen molar-refractivity contribution in [1.82, 2.24) is 4.59 Å². The van der Waals surface area contributed by atoms with Gasteiger partial charge in [0.25, 0.3) is 0 Å². The average Bonchev–Trinajstić information content (AvgIpc) is 2.32. The highest BCUT2D eigenvalue weighted by atomic mass is 79.9. The minimum Gasteiger partial charge on any atom is -1.00 e. The summed E-state index contributed by atoms with van der Waals surface area (Å²) >= 11 is 0. The second-order valence-corrected chi connectivity index (χ2v) is 3.92. The van der Waals surface area contributed by atoms with Crippen LogP contribution in [-0.2, 0) is 0 Å². The Kier molecular flexibility index (Phi) is 7.59. The summed E-state index contributed by atoms with van der Waals surface area (Å²) in [6.45, 7) is 4.41. The molecule has 0 aliphatic carbocycles. The fourth-order valence-electron chi connectivity index (χ4n) is 2.09. The van der Waals surface area contributed by atoms with Crippen molar-refractivity contribution in [2.45, 2.75) is 13.3 Å². The number of quaternary nitrogens is 1. The standard InChI is InChI=1S/C13H18N2.2BrH/c1-2-11-15(12-7-4-8-13-15)14-9-5-3-6-10-14;;/h3-10,12H,2,11,13H2,1H3;2*1H/q+2;;/p-2. The molecule has 0 N–H and O–H groups in total. The average molecular weight is 362 g/mol. The van der Waals surface area contributed by atoms with Crippen LogP contribution in [0.2, 0.25) is 0 Å². The molecule has 1 aliphatic rings. The zero-order valence-corrected chi connectivity index (χ0v) is 13.1. The van der Waals surface area contributed by atoms with Gasteiger partial charge < -0.3 is 34.0 Å². The van der Waals surface area contributed by atoms with Crippen LogP contribution in [0.1, 0.15) is 13.3 Å². The van der Waals surface area contributed by atoms with E-state index in [0.717, 1.165) is 17.7 Å². The van der Waals surface area contributed by atoms with Crippen molar-refractivity contribution in [2.24, 2.45) is 0 Å². The van der Waals surface area contributed by atoms with Gasteiger partial charge in [-0.2, -0.15) is 0 Å². The number of aromatic nitrogens is 1. The van der Waals surface area contributed by atoms with Gasteiger partial charge in [0.2, 0.25) is 12.4 Å². The third-order valence-corrected chi connectivity index (χ3v) is 2.80. The largest absolute Gasteiger partial charge is 1.00 e.